The molecule has 0 fully saturated rings. The summed E-state index contributed by atoms with van der Waals surface area (Å²) in [5, 5.41) is 2.92. The van der Waals surface area contributed by atoms with Crippen molar-refractivity contribution in [2.24, 2.45) is 0 Å². The van der Waals surface area contributed by atoms with Crippen molar-refractivity contribution in [2.45, 2.75) is 32.7 Å². The topological polar surface area (TPSA) is 82.2 Å². The van der Waals surface area contributed by atoms with Crippen LogP contribution in [0.1, 0.15) is 25.7 Å². The highest BCUT2D eigenvalue weighted by molar-refractivity contribution is 5.91. The molecule has 0 unspecified atom stereocenters. The molecule has 4 aromatic rings. The van der Waals surface area contributed by atoms with Crippen molar-refractivity contribution in [3.8, 4) is 11.3 Å². The van der Waals surface area contributed by atoms with E-state index in [1.807, 2.05) is 35.8 Å². The zero-order valence-corrected chi connectivity index (χ0v) is 17.9. The van der Waals surface area contributed by atoms with Gasteiger partial charge in [0.05, 0.1) is 17.2 Å². The molecule has 2 aromatic carbocycles. The molecular weight excluding hydrogens is 411 g/mol. The summed E-state index contributed by atoms with van der Waals surface area (Å²) in [7, 11) is 0. The van der Waals surface area contributed by atoms with Gasteiger partial charge in [-0.2, -0.15) is 0 Å². The van der Waals surface area contributed by atoms with E-state index in [1.165, 1.54) is 12.1 Å². The molecule has 0 aliphatic carbocycles. The highest BCUT2D eigenvalue weighted by Gasteiger charge is 2.14. The smallest absolute Gasteiger partial charge is 0.227 e. The van der Waals surface area contributed by atoms with E-state index in [9.17, 15) is 9.18 Å². The van der Waals surface area contributed by atoms with E-state index in [1.54, 1.807) is 18.3 Å². The fourth-order valence-electron chi connectivity index (χ4n) is 3.45. The van der Waals surface area contributed by atoms with Crippen LogP contribution in [0.15, 0.2) is 59.1 Å². The number of nitrogens with one attached hydrogen (secondary N) is 1. The Hall–Kier alpha value is -3.52. The van der Waals surface area contributed by atoms with Crippen LogP contribution in [0.2, 0.25) is 0 Å². The molecule has 8 heteroatoms. The Morgan fingerprint density at radius 2 is 2.00 bits per heavy atom. The zero-order valence-electron chi connectivity index (χ0n) is 17.9. The number of oxazole rings is 1. The molecule has 0 spiro atoms. The highest BCUT2D eigenvalue weighted by atomic mass is 19.1. The summed E-state index contributed by atoms with van der Waals surface area (Å²) >= 11 is 0. The molecule has 2 heterocycles. The van der Waals surface area contributed by atoms with Crippen LogP contribution in [0.4, 0.5) is 10.3 Å². The minimum Gasteiger partial charge on any atom is -0.441 e. The number of imidazole rings is 1. The van der Waals surface area contributed by atoms with Gasteiger partial charge in [-0.25, -0.2) is 14.4 Å². The second kappa shape index (κ2) is 10.2. The summed E-state index contributed by atoms with van der Waals surface area (Å²) in [6.45, 7) is 3.99. The zero-order chi connectivity index (χ0) is 22.3. The maximum Gasteiger partial charge on any atom is 0.227 e. The van der Waals surface area contributed by atoms with E-state index in [4.69, 9.17) is 9.15 Å². The normalized spacial score (nSPS) is 11.2. The van der Waals surface area contributed by atoms with Crippen molar-refractivity contribution in [2.75, 3.05) is 18.5 Å². The summed E-state index contributed by atoms with van der Waals surface area (Å²) < 4.78 is 26.2. The number of aryl methyl sites for hydroxylation is 2. The number of fused-ring (bicyclic) bond motifs is 1. The summed E-state index contributed by atoms with van der Waals surface area (Å²) in [6.07, 6.45) is 2.95. The van der Waals surface area contributed by atoms with Crippen molar-refractivity contribution in [3.05, 3.63) is 66.4 Å². The lowest BCUT2D eigenvalue weighted by Crippen LogP contribution is -2.17. The van der Waals surface area contributed by atoms with E-state index in [0.29, 0.717) is 43.8 Å². The monoisotopic (exact) mass is 436 g/mol. The first kappa shape index (κ1) is 21.7. The molecular formula is C24H25FN4O3. The lowest BCUT2D eigenvalue weighted by atomic mass is 10.2. The molecule has 7 nitrogen and oxygen atoms in total. The minimum absolute atomic E-state index is 0.173. The SMILES string of the molecule is CCOCCCn1c(NC(=O)CCc2ncc(-c3ccc(F)cc3)o2)nc2ccccc21. The number of benzene rings is 2. The molecule has 0 aliphatic heterocycles. The Balaban J connectivity index is 1.39. The first-order valence-corrected chi connectivity index (χ1v) is 10.7. The Bertz CT molecular complexity index is 1180. The standard InChI is InChI=1S/C24H25FN4O3/c1-2-31-15-5-14-29-20-7-4-3-6-19(20)27-24(29)28-22(30)12-13-23-26-16-21(32-23)17-8-10-18(25)11-9-17/h3-4,6-11,16H,2,5,12-15H2,1H3,(H,27,28,30). The molecule has 0 saturated heterocycles. The molecule has 0 atom stereocenters. The molecule has 32 heavy (non-hydrogen) atoms. The van der Waals surface area contributed by atoms with Crippen molar-refractivity contribution in [3.63, 3.8) is 0 Å². The van der Waals surface area contributed by atoms with Crippen LogP contribution in [0.5, 0.6) is 0 Å². The second-order valence-electron chi connectivity index (χ2n) is 7.30. The molecule has 0 radical (unpaired) electrons. The van der Waals surface area contributed by atoms with E-state index in [-0.39, 0.29) is 18.1 Å². The van der Waals surface area contributed by atoms with Crippen molar-refractivity contribution in [1.29, 1.82) is 0 Å². The van der Waals surface area contributed by atoms with Crippen LogP contribution in [0, 0.1) is 5.82 Å². The number of hydrogen-bond acceptors (Lipinski definition) is 5. The quantitative estimate of drug-likeness (QED) is 0.360. The largest absolute Gasteiger partial charge is 0.441 e. The van der Waals surface area contributed by atoms with Gasteiger partial charge in [0.25, 0.3) is 0 Å². The van der Waals surface area contributed by atoms with Crippen molar-refractivity contribution in [1.82, 2.24) is 14.5 Å². The number of hydrogen-bond donors (Lipinski definition) is 1. The number of rotatable bonds is 10. The number of carbonyl (C=O) groups is 1. The van der Waals surface area contributed by atoms with E-state index in [2.05, 4.69) is 15.3 Å². The van der Waals surface area contributed by atoms with Crippen LogP contribution in [0.3, 0.4) is 0 Å². The van der Waals surface area contributed by atoms with Gasteiger partial charge in [0.2, 0.25) is 11.9 Å². The lowest BCUT2D eigenvalue weighted by molar-refractivity contribution is -0.116. The average molecular weight is 436 g/mol. The van der Waals surface area contributed by atoms with Crippen LogP contribution in [0.25, 0.3) is 22.4 Å². The number of nitrogens with zero attached hydrogens (tertiary/aromatic N) is 3. The maximum atomic E-state index is 13.1. The Labute approximate surface area is 185 Å². The van der Waals surface area contributed by atoms with Gasteiger partial charge in [0.1, 0.15) is 5.82 Å². The fraction of sp³-hybridized carbons (Fsp3) is 0.292. The second-order valence-corrected chi connectivity index (χ2v) is 7.30. The van der Waals surface area contributed by atoms with Crippen molar-refractivity contribution < 1.29 is 18.3 Å². The average Bonchev–Trinajstić information content (AvgIpc) is 3.41. The van der Waals surface area contributed by atoms with Gasteiger partial charge in [-0.3, -0.25) is 10.1 Å². The predicted octanol–water partition coefficient (Wildman–Crippen LogP) is 4.83. The number of anilines is 1. The predicted molar refractivity (Wildman–Crippen MR) is 120 cm³/mol. The number of halogens is 1. The summed E-state index contributed by atoms with van der Waals surface area (Å²) in [4.78, 5) is 21.4. The summed E-state index contributed by atoms with van der Waals surface area (Å²) in [5.41, 5.74) is 2.53. The van der Waals surface area contributed by atoms with Gasteiger partial charge in [0, 0.05) is 38.2 Å². The van der Waals surface area contributed by atoms with Crippen LogP contribution in [-0.4, -0.2) is 33.7 Å². The van der Waals surface area contributed by atoms with Gasteiger partial charge < -0.3 is 13.7 Å². The van der Waals surface area contributed by atoms with Gasteiger partial charge >= 0.3 is 0 Å². The van der Waals surface area contributed by atoms with Crippen LogP contribution in [-0.2, 0) is 22.5 Å². The number of amides is 1. The first-order chi connectivity index (χ1) is 15.6. The van der Waals surface area contributed by atoms with Crippen molar-refractivity contribution >= 4 is 22.9 Å². The van der Waals surface area contributed by atoms with E-state index in [0.717, 1.165) is 23.0 Å². The summed E-state index contributed by atoms with van der Waals surface area (Å²) in [6, 6.07) is 13.8. The number of aromatic nitrogens is 3. The first-order valence-electron chi connectivity index (χ1n) is 10.7. The number of para-hydroxylation sites is 2. The molecule has 4 rings (SSSR count). The number of carbonyl (C=O) groups excluding carboxylic acids is 1. The minimum atomic E-state index is -0.311. The maximum absolute atomic E-state index is 13.1. The summed E-state index contributed by atoms with van der Waals surface area (Å²) in [5.74, 6) is 1.02. The third-order valence-electron chi connectivity index (χ3n) is 5.03. The molecule has 0 aliphatic rings. The third-order valence-corrected chi connectivity index (χ3v) is 5.03. The molecule has 1 amide bonds. The van der Waals surface area contributed by atoms with Gasteiger partial charge in [-0.05, 0) is 49.7 Å². The Kier molecular flexibility index (Phi) is 6.91. The fourth-order valence-corrected chi connectivity index (χ4v) is 3.45. The molecule has 2 aromatic heterocycles. The molecule has 166 valence electrons. The van der Waals surface area contributed by atoms with Gasteiger partial charge in [-0.1, -0.05) is 12.1 Å². The van der Waals surface area contributed by atoms with E-state index >= 15 is 0 Å². The number of ether oxygens (including phenoxy) is 1. The van der Waals surface area contributed by atoms with E-state index < -0.39 is 0 Å². The third kappa shape index (κ3) is 5.20. The Morgan fingerprint density at radius 3 is 2.81 bits per heavy atom. The van der Waals surface area contributed by atoms with Gasteiger partial charge in [-0.15, -0.1) is 0 Å². The van der Waals surface area contributed by atoms with Crippen LogP contribution >= 0.6 is 0 Å². The van der Waals surface area contributed by atoms with Crippen LogP contribution < -0.4 is 5.32 Å². The Morgan fingerprint density at radius 1 is 1.19 bits per heavy atom. The highest BCUT2D eigenvalue weighted by Crippen LogP contribution is 2.22. The van der Waals surface area contributed by atoms with Gasteiger partial charge in [0.15, 0.2) is 11.7 Å². The molecule has 0 saturated carbocycles. The lowest BCUT2D eigenvalue weighted by Gasteiger charge is -2.10. The molecule has 1 N–H and O–H groups in total. The molecule has 0 bridgehead atoms.